The maximum Gasteiger partial charge on any atom is 0.225 e. The van der Waals surface area contributed by atoms with Crippen LogP contribution in [0.15, 0.2) is 0 Å². The van der Waals surface area contributed by atoms with Crippen LogP contribution in [0.5, 0.6) is 0 Å². The fourth-order valence-corrected chi connectivity index (χ4v) is 4.51. The second-order valence-corrected chi connectivity index (χ2v) is 7.09. The summed E-state index contributed by atoms with van der Waals surface area (Å²) in [5, 5.41) is 3.46. The molecule has 1 amide bonds. The molecule has 0 aromatic carbocycles. The standard InChI is InChI=1S/C17H30N2O.ClH/c20-17(16-4-2-1-3-5-16)19-12-8-15(9-13-19)14-6-10-18-11-7-14;/h14-16,18H,1-13H2;1H. The Hall–Kier alpha value is -0.280. The van der Waals surface area contributed by atoms with E-state index in [-0.39, 0.29) is 12.4 Å². The van der Waals surface area contributed by atoms with Gasteiger partial charge in [0.2, 0.25) is 5.91 Å². The van der Waals surface area contributed by atoms with Gasteiger partial charge < -0.3 is 10.2 Å². The zero-order valence-corrected chi connectivity index (χ0v) is 14.0. The van der Waals surface area contributed by atoms with Crippen molar-refractivity contribution in [3.8, 4) is 0 Å². The summed E-state index contributed by atoms with van der Waals surface area (Å²) < 4.78 is 0. The van der Waals surface area contributed by atoms with Crippen molar-refractivity contribution in [2.75, 3.05) is 26.2 Å². The number of hydrogen-bond acceptors (Lipinski definition) is 2. The van der Waals surface area contributed by atoms with Crippen molar-refractivity contribution < 1.29 is 4.79 Å². The van der Waals surface area contributed by atoms with Crippen LogP contribution >= 0.6 is 12.4 Å². The Balaban J connectivity index is 0.00000161. The maximum atomic E-state index is 12.6. The first kappa shape index (κ1) is 17.1. The summed E-state index contributed by atoms with van der Waals surface area (Å²) in [7, 11) is 0. The minimum atomic E-state index is 0. The molecule has 2 aliphatic heterocycles. The second-order valence-electron chi connectivity index (χ2n) is 7.09. The Kier molecular flexibility index (Phi) is 6.81. The van der Waals surface area contributed by atoms with Crippen molar-refractivity contribution in [1.29, 1.82) is 0 Å². The molecule has 0 unspecified atom stereocenters. The SMILES string of the molecule is Cl.O=C(C1CCCCC1)N1CCC(C2CCNCC2)CC1. The van der Waals surface area contributed by atoms with Crippen molar-refractivity contribution in [1.82, 2.24) is 10.2 Å². The van der Waals surface area contributed by atoms with Gasteiger partial charge in [-0.25, -0.2) is 0 Å². The van der Waals surface area contributed by atoms with Crippen molar-refractivity contribution in [2.24, 2.45) is 17.8 Å². The van der Waals surface area contributed by atoms with Gasteiger partial charge in [-0.05, 0) is 63.5 Å². The number of carbonyl (C=O) groups is 1. The van der Waals surface area contributed by atoms with Gasteiger partial charge >= 0.3 is 0 Å². The van der Waals surface area contributed by atoms with Crippen molar-refractivity contribution >= 4 is 18.3 Å². The lowest BCUT2D eigenvalue weighted by molar-refractivity contribution is -0.138. The van der Waals surface area contributed by atoms with Crippen LogP contribution in [-0.2, 0) is 4.79 Å². The number of likely N-dealkylation sites (tertiary alicyclic amines) is 1. The summed E-state index contributed by atoms with van der Waals surface area (Å²) in [5.74, 6) is 2.64. The molecule has 21 heavy (non-hydrogen) atoms. The molecule has 0 spiro atoms. The van der Waals surface area contributed by atoms with Crippen LogP contribution in [0.4, 0.5) is 0 Å². The zero-order chi connectivity index (χ0) is 13.8. The van der Waals surface area contributed by atoms with Crippen LogP contribution in [-0.4, -0.2) is 37.0 Å². The predicted octanol–water partition coefficient (Wildman–Crippen LogP) is 3.23. The van der Waals surface area contributed by atoms with E-state index in [0.29, 0.717) is 11.8 Å². The first-order valence-electron chi connectivity index (χ1n) is 8.84. The molecule has 0 atom stereocenters. The van der Waals surface area contributed by atoms with Crippen LogP contribution in [0.25, 0.3) is 0 Å². The Morgan fingerprint density at radius 3 is 2.00 bits per heavy atom. The fraction of sp³-hybridized carbons (Fsp3) is 0.941. The van der Waals surface area contributed by atoms with Gasteiger partial charge in [0.05, 0.1) is 0 Å². The third-order valence-electron chi connectivity index (χ3n) is 5.86. The summed E-state index contributed by atoms with van der Waals surface area (Å²) in [5.41, 5.74) is 0. The molecule has 2 saturated heterocycles. The van der Waals surface area contributed by atoms with Gasteiger partial charge in [0.1, 0.15) is 0 Å². The largest absolute Gasteiger partial charge is 0.342 e. The molecule has 1 N–H and O–H groups in total. The number of amides is 1. The van der Waals surface area contributed by atoms with Gasteiger partial charge in [-0.2, -0.15) is 0 Å². The van der Waals surface area contributed by atoms with E-state index in [2.05, 4.69) is 10.2 Å². The first-order valence-corrected chi connectivity index (χ1v) is 8.84. The van der Waals surface area contributed by atoms with E-state index in [9.17, 15) is 4.79 Å². The minimum Gasteiger partial charge on any atom is -0.342 e. The maximum absolute atomic E-state index is 12.6. The Morgan fingerprint density at radius 1 is 0.810 bits per heavy atom. The summed E-state index contributed by atoms with van der Waals surface area (Å²) in [4.78, 5) is 14.7. The number of rotatable bonds is 2. The number of piperidine rings is 2. The average Bonchev–Trinajstić information content (AvgIpc) is 2.56. The number of nitrogens with one attached hydrogen (secondary N) is 1. The molecule has 0 radical (unpaired) electrons. The summed E-state index contributed by atoms with van der Waals surface area (Å²) in [6, 6.07) is 0. The molecule has 122 valence electrons. The van der Waals surface area contributed by atoms with Gasteiger partial charge in [0.15, 0.2) is 0 Å². The fourth-order valence-electron chi connectivity index (χ4n) is 4.51. The molecule has 0 aromatic heterocycles. The molecule has 1 aliphatic carbocycles. The molecule has 3 rings (SSSR count). The molecule has 3 fully saturated rings. The molecule has 3 nitrogen and oxygen atoms in total. The zero-order valence-electron chi connectivity index (χ0n) is 13.2. The molecule has 1 saturated carbocycles. The molecule has 0 aromatic rings. The predicted molar refractivity (Wildman–Crippen MR) is 88.7 cm³/mol. The van der Waals surface area contributed by atoms with Gasteiger partial charge in [-0.1, -0.05) is 19.3 Å². The Bertz CT molecular complexity index is 317. The molecule has 0 bridgehead atoms. The molecule has 2 heterocycles. The highest BCUT2D eigenvalue weighted by Gasteiger charge is 2.32. The third-order valence-corrected chi connectivity index (χ3v) is 5.86. The van der Waals surface area contributed by atoms with E-state index >= 15 is 0 Å². The molecular weight excluding hydrogens is 284 g/mol. The number of halogens is 1. The lowest BCUT2D eigenvalue weighted by Gasteiger charge is -2.39. The van der Waals surface area contributed by atoms with E-state index in [1.54, 1.807) is 0 Å². The van der Waals surface area contributed by atoms with E-state index in [1.165, 1.54) is 58.0 Å². The summed E-state index contributed by atoms with van der Waals surface area (Å²) in [6.45, 7) is 4.46. The van der Waals surface area contributed by atoms with E-state index in [1.807, 2.05) is 0 Å². The quantitative estimate of drug-likeness (QED) is 0.848. The third kappa shape index (κ3) is 4.35. The minimum absolute atomic E-state index is 0. The number of nitrogens with zero attached hydrogens (tertiary/aromatic N) is 1. The Morgan fingerprint density at radius 2 is 1.38 bits per heavy atom. The smallest absolute Gasteiger partial charge is 0.225 e. The number of carbonyl (C=O) groups excluding carboxylic acids is 1. The molecule has 4 heteroatoms. The highest BCUT2D eigenvalue weighted by atomic mass is 35.5. The topological polar surface area (TPSA) is 32.3 Å². The lowest BCUT2D eigenvalue weighted by Crippen LogP contribution is -2.44. The van der Waals surface area contributed by atoms with Crippen molar-refractivity contribution in [3.63, 3.8) is 0 Å². The normalized spacial score (nSPS) is 26.4. The van der Waals surface area contributed by atoms with Gasteiger partial charge in [-0.15, -0.1) is 12.4 Å². The highest BCUT2D eigenvalue weighted by molar-refractivity contribution is 5.85. The first-order chi connectivity index (χ1) is 9.84. The number of hydrogen-bond donors (Lipinski definition) is 1. The molecular formula is C17H31ClN2O. The summed E-state index contributed by atoms with van der Waals surface area (Å²) in [6.07, 6.45) is 11.4. The monoisotopic (exact) mass is 314 g/mol. The van der Waals surface area contributed by atoms with Gasteiger partial charge in [0.25, 0.3) is 0 Å². The van der Waals surface area contributed by atoms with Crippen LogP contribution in [0.2, 0.25) is 0 Å². The van der Waals surface area contributed by atoms with Crippen LogP contribution in [0.1, 0.15) is 57.8 Å². The van der Waals surface area contributed by atoms with Crippen molar-refractivity contribution in [2.45, 2.75) is 57.8 Å². The average molecular weight is 315 g/mol. The van der Waals surface area contributed by atoms with Crippen LogP contribution in [0.3, 0.4) is 0 Å². The van der Waals surface area contributed by atoms with Crippen LogP contribution in [0, 0.1) is 17.8 Å². The van der Waals surface area contributed by atoms with E-state index < -0.39 is 0 Å². The highest BCUT2D eigenvalue weighted by Crippen LogP contribution is 2.32. The Labute approximate surface area is 135 Å². The van der Waals surface area contributed by atoms with Gasteiger partial charge in [-0.3, -0.25) is 4.79 Å². The summed E-state index contributed by atoms with van der Waals surface area (Å²) >= 11 is 0. The van der Waals surface area contributed by atoms with Crippen LogP contribution < -0.4 is 5.32 Å². The van der Waals surface area contributed by atoms with E-state index in [4.69, 9.17) is 0 Å². The van der Waals surface area contributed by atoms with E-state index in [0.717, 1.165) is 37.8 Å². The lowest BCUT2D eigenvalue weighted by atomic mass is 9.79. The van der Waals surface area contributed by atoms with Gasteiger partial charge in [0, 0.05) is 19.0 Å². The molecule has 3 aliphatic rings. The second kappa shape index (κ2) is 8.38. The van der Waals surface area contributed by atoms with Crippen molar-refractivity contribution in [3.05, 3.63) is 0 Å².